The van der Waals surface area contributed by atoms with Gasteiger partial charge in [0.1, 0.15) is 5.75 Å². The van der Waals surface area contributed by atoms with Gasteiger partial charge in [0.2, 0.25) is 0 Å². The third-order valence-electron chi connectivity index (χ3n) is 6.34. The lowest BCUT2D eigenvalue weighted by Gasteiger charge is -2.12. The summed E-state index contributed by atoms with van der Waals surface area (Å²) in [5.41, 5.74) is 5.06. The number of ether oxygens (including phenoxy) is 1. The van der Waals surface area contributed by atoms with Gasteiger partial charge in [0, 0.05) is 40.3 Å². The highest BCUT2D eigenvalue weighted by atomic mass is 35.5. The molecular weight excluding hydrogens is 490 g/mol. The number of carbonyl (C=O) groups excluding carboxylic acids is 1. The topological polar surface area (TPSA) is 46.8 Å². The van der Waals surface area contributed by atoms with Gasteiger partial charge < -0.3 is 9.30 Å². The van der Waals surface area contributed by atoms with E-state index in [1.54, 1.807) is 12.0 Å². The molecule has 0 aliphatic carbocycles. The van der Waals surface area contributed by atoms with Crippen molar-refractivity contribution >= 4 is 57.1 Å². The number of para-hydroxylation sites is 1. The lowest BCUT2D eigenvalue weighted by atomic mass is 10.1. The van der Waals surface area contributed by atoms with E-state index in [0.29, 0.717) is 23.2 Å². The van der Waals surface area contributed by atoms with Crippen molar-refractivity contribution in [3.8, 4) is 5.75 Å². The fourth-order valence-electron chi connectivity index (χ4n) is 4.41. The summed E-state index contributed by atoms with van der Waals surface area (Å²) in [4.78, 5) is 20.5. The van der Waals surface area contributed by atoms with Crippen LogP contribution in [-0.4, -0.2) is 34.2 Å². The van der Waals surface area contributed by atoms with Crippen molar-refractivity contribution in [3.63, 3.8) is 0 Å². The van der Waals surface area contributed by atoms with E-state index in [1.807, 2.05) is 73.7 Å². The lowest BCUT2D eigenvalue weighted by molar-refractivity contribution is -0.122. The maximum Gasteiger partial charge on any atom is 0.266 e. The number of nitrogens with zero attached hydrogens (tertiary/aromatic N) is 3. The summed E-state index contributed by atoms with van der Waals surface area (Å²) in [6, 6.07) is 23.7. The lowest BCUT2D eigenvalue weighted by Crippen LogP contribution is -2.28. The molecule has 1 aliphatic heterocycles. The van der Waals surface area contributed by atoms with E-state index in [1.165, 1.54) is 11.8 Å². The molecule has 1 aromatic heterocycles. The van der Waals surface area contributed by atoms with E-state index >= 15 is 0 Å². The smallest absolute Gasteiger partial charge is 0.266 e. The molecule has 1 amide bonds. The molecule has 1 aliphatic rings. The molecule has 0 saturated carbocycles. The summed E-state index contributed by atoms with van der Waals surface area (Å²) in [6.07, 6.45) is 2.01. The van der Waals surface area contributed by atoms with Crippen LogP contribution in [0, 0.1) is 6.92 Å². The number of benzene rings is 3. The van der Waals surface area contributed by atoms with E-state index in [2.05, 4.69) is 23.6 Å². The van der Waals surface area contributed by atoms with Crippen molar-refractivity contribution < 1.29 is 9.53 Å². The fraction of sp³-hybridized carbons (Fsp3) is 0.172. The quantitative estimate of drug-likeness (QED) is 0.253. The molecule has 1 fully saturated rings. The van der Waals surface area contributed by atoms with Crippen LogP contribution >= 0.6 is 23.4 Å². The molecule has 0 radical (unpaired) electrons. The number of aromatic nitrogens is 1. The van der Waals surface area contributed by atoms with Crippen LogP contribution in [0.5, 0.6) is 5.75 Å². The largest absolute Gasteiger partial charge is 0.497 e. The molecule has 0 atom stereocenters. The molecule has 0 spiro atoms. The molecule has 5 rings (SSSR count). The minimum Gasteiger partial charge on any atom is -0.497 e. The first-order valence-corrected chi connectivity index (χ1v) is 12.9. The van der Waals surface area contributed by atoms with Gasteiger partial charge in [0.05, 0.1) is 17.7 Å². The van der Waals surface area contributed by atoms with E-state index in [4.69, 9.17) is 21.3 Å². The Labute approximate surface area is 220 Å². The predicted octanol–water partition coefficient (Wildman–Crippen LogP) is 7.28. The maximum atomic E-state index is 13.3. The summed E-state index contributed by atoms with van der Waals surface area (Å²) in [6.45, 7) is 5.26. The van der Waals surface area contributed by atoms with Crippen molar-refractivity contribution in [3.05, 3.63) is 99.5 Å². The molecule has 2 heterocycles. The number of fused-ring (bicyclic) bond motifs is 1. The number of amidine groups is 1. The zero-order valence-corrected chi connectivity index (χ0v) is 21.9. The van der Waals surface area contributed by atoms with Crippen molar-refractivity contribution in [2.45, 2.75) is 20.4 Å². The van der Waals surface area contributed by atoms with Gasteiger partial charge in [-0.15, -0.1) is 0 Å². The zero-order valence-electron chi connectivity index (χ0n) is 20.4. The second-order valence-electron chi connectivity index (χ2n) is 8.45. The van der Waals surface area contributed by atoms with Crippen molar-refractivity contribution in [2.75, 3.05) is 13.7 Å². The van der Waals surface area contributed by atoms with Gasteiger partial charge in [0.25, 0.3) is 5.91 Å². The second kappa shape index (κ2) is 10.2. The van der Waals surface area contributed by atoms with Crippen molar-refractivity contribution in [1.29, 1.82) is 0 Å². The number of halogens is 1. The Bertz CT molecular complexity index is 1500. The van der Waals surface area contributed by atoms with Crippen LogP contribution in [0.1, 0.15) is 23.7 Å². The van der Waals surface area contributed by atoms with Crippen molar-refractivity contribution in [1.82, 2.24) is 9.47 Å². The first kappa shape index (κ1) is 24.2. The summed E-state index contributed by atoms with van der Waals surface area (Å²) >= 11 is 7.88. The van der Waals surface area contributed by atoms with Gasteiger partial charge >= 0.3 is 0 Å². The minimum atomic E-state index is -0.0305. The highest BCUT2D eigenvalue weighted by Gasteiger charge is 2.32. The summed E-state index contributed by atoms with van der Waals surface area (Å²) < 4.78 is 7.50. The molecule has 182 valence electrons. The number of thioether (sulfide) groups is 1. The molecule has 0 N–H and O–H groups in total. The van der Waals surface area contributed by atoms with Gasteiger partial charge in [-0.25, -0.2) is 4.99 Å². The highest BCUT2D eigenvalue weighted by Crippen LogP contribution is 2.37. The fourth-order valence-corrected chi connectivity index (χ4v) is 5.65. The Kier molecular flexibility index (Phi) is 6.90. The third-order valence-corrected chi connectivity index (χ3v) is 7.72. The number of likely N-dealkylation sites (N-methyl/N-ethyl adjacent to an activating group) is 1. The molecular formula is C29H26ClN3O2S. The van der Waals surface area contributed by atoms with Gasteiger partial charge in [-0.3, -0.25) is 9.69 Å². The molecule has 4 aromatic rings. The van der Waals surface area contributed by atoms with Crippen LogP contribution in [0.3, 0.4) is 0 Å². The Hall–Kier alpha value is -3.48. The predicted molar refractivity (Wildman–Crippen MR) is 150 cm³/mol. The molecule has 0 bridgehead atoms. The number of methoxy groups -OCH3 is 1. The Balaban J connectivity index is 1.55. The van der Waals surface area contributed by atoms with Crippen LogP contribution in [0.25, 0.3) is 17.0 Å². The van der Waals surface area contributed by atoms with Gasteiger partial charge in [-0.2, -0.15) is 0 Å². The standard InChI is InChI=1S/C29H26ClN3O2S/c1-4-32-28(34)27(36-29(32)31-21-13-15-22(35-3)16-14-21)17-24-19(2)33(26-12-8-6-10-23(24)26)18-20-9-5-7-11-25(20)30/h5-17H,4,18H2,1-3H3/b27-17+,31-29?. The SMILES string of the molecule is CCN1C(=O)/C(=C\c2c(C)n(Cc3ccccc3Cl)c3ccccc23)SC1=Nc1ccc(OC)cc1. The van der Waals surface area contributed by atoms with Crippen LogP contribution in [-0.2, 0) is 11.3 Å². The summed E-state index contributed by atoms with van der Waals surface area (Å²) in [7, 11) is 1.63. The van der Waals surface area contributed by atoms with E-state index < -0.39 is 0 Å². The maximum absolute atomic E-state index is 13.3. The number of aliphatic imine (C=N–C) groups is 1. The molecule has 3 aromatic carbocycles. The van der Waals surface area contributed by atoms with Crippen LogP contribution in [0.15, 0.2) is 82.7 Å². The van der Waals surface area contributed by atoms with E-state index in [9.17, 15) is 4.79 Å². The molecule has 5 nitrogen and oxygen atoms in total. The van der Waals surface area contributed by atoms with Crippen molar-refractivity contribution in [2.24, 2.45) is 4.99 Å². The number of carbonyl (C=O) groups is 1. The van der Waals surface area contributed by atoms with Gasteiger partial charge in [-0.1, -0.05) is 48.0 Å². The minimum absolute atomic E-state index is 0.0305. The number of rotatable bonds is 6. The van der Waals surface area contributed by atoms with Crippen LogP contribution in [0.2, 0.25) is 5.02 Å². The zero-order chi connectivity index (χ0) is 25.2. The first-order valence-electron chi connectivity index (χ1n) is 11.8. The summed E-state index contributed by atoms with van der Waals surface area (Å²) in [5.74, 6) is 0.739. The summed E-state index contributed by atoms with van der Waals surface area (Å²) in [5, 5.41) is 2.53. The van der Waals surface area contributed by atoms with Gasteiger partial charge in [-0.05, 0) is 73.6 Å². The van der Waals surface area contributed by atoms with Gasteiger partial charge in [0.15, 0.2) is 5.17 Å². The number of amides is 1. The Morgan fingerprint density at radius 2 is 1.75 bits per heavy atom. The molecule has 1 saturated heterocycles. The van der Waals surface area contributed by atoms with Crippen LogP contribution < -0.4 is 4.74 Å². The molecule has 36 heavy (non-hydrogen) atoms. The Morgan fingerprint density at radius 3 is 2.47 bits per heavy atom. The first-order chi connectivity index (χ1) is 17.5. The monoisotopic (exact) mass is 515 g/mol. The molecule has 0 unspecified atom stereocenters. The third kappa shape index (κ3) is 4.54. The average molecular weight is 516 g/mol. The van der Waals surface area contributed by atoms with Crippen LogP contribution in [0.4, 0.5) is 5.69 Å². The number of hydrogen-bond donors (Lipinski definition) is 0. The normalized spacial score (nSPS) is 16.0. The molecule has 7 heteroatoms. The Morgan fingerprint density at radius 1 is 1.03 bits per heavy atom. The number of hydrogen-bond acceptors (Lipinski definition) is 4. The second-order valence-corrected chi connectivity index (χ2v) is 9.86. The van der Waals surface area contributed by atoms with E-state index in [-0.39, 0.29) is 5.91 Å². The van der Waals surface area contributed by atoms with E-state index in [0.717, 1.165) is 44.2 Å². The highest BCUT2D eigenvalue weighted by molar-refractivity contribution is 8.18. The average Bonchev–Trinajstić information content (AvgIpc) is 3.34.